The quantitative estimate of drug-likeness (QED) is 0.357. The summed E-state index contributed by atoms with van der Waals surface area (Å²) in [4.78, 5) is 8.75. The van der Waals surface area contributed by atoms with Gasteiger partial charge in [0.2, 0.25) is 0 Å². The van der Waals surface area contributed by atoms with E-state index in [1.807, 2.05) is 18.5 Å². The molecule has 102 valence electrons. The number of guanidine groups is 1. The summed E-state index contributed by atoms with van der Waals surface area (Å²) in [5.74, 6) is 0.859. The summed E-state index contributed by atoms with van der Waals surface area (Å²) in [5, 5.41) is 7.43. The fourth-order valence-corrected chi connectivity index (χ4v) is 1.78. The van der Waals surface area contributed by atoms with E-state index in [1.54, 1.807) is 11.8 Å². The molecule has 2 N–H and O–H groups in total. The van der Waals surface area contributed by atoms with E-state index in [1.165, 1.54) is 5.56 Å². The lowest BCUT2D eigenvalue weighted by Crippen LogP contribution is -2.36. The van der Waals surface area contributed by atoms with E-state index in [0.717, 1.165) is 24.1 Å². The molecule has 0 spiro atoms. The van der Waals surface area contributed by atoms with Gasteiger partial charge in [0.25, 0.3) is 0 Å². The molecule has 0 aromatic carbocycles. The van der Waals surface area contributed by atoms with Gasteiger partial charge < -0.3 is 10.6 Å². The van der Waals surface area contributed by atoms with Crippen LogP contribution in [0, 0.1) is 0 Å². The molecule has 0 amide bonds. The van der Waals surface area contributed by atoms with Crippen LogP contribution in [0.25, 0.3) is 0 Å². The SMILES string of the molecule is CCNC(=NCc1ccnc(SC)c1)NCC.I. The van der Waals surface area contributed by atoms with Crippen LogP contribution in [0.5, 0.6) is 0 Å². The third-order valence-corrected chi connectivity index (χ3v) is 2.76. The molecule has 1 heterocycles. The van der Waals surface area contributed by atoms with Crippen molar-refractivity contribution in [3.05, 3.63) is 23.9 Å². The van der Waals surface area contributed by atoms with Crippen LogP contribution in [-0.2, 0) is 6.54 Å². The summed E-state index contributed by atoms with van der Waals surface area (Å²) in [6.45, 7) is 6.54. The number of hydrogen-bond donors (Lipinski definition) is 2. The molecule has 0 saturated carbocycles. The van der Waals surface area contributed by atoms with E-state index in [0.29, 0.717) is 6.54 Å². The Morgan fingerprint density at radius 3 is 2.56 bits per heavy atom. The highest BCUT2D eigenvalue weighted by Gasteiger charge is 1.97. The van der Waals surface area contributed by atoms with Crippen LogP contribution in [0.4, 0.5) is 0 Å². The van der Waals surface area contributed by atoms with Gasteiger partial charge >= 0.3 is 0 Å². The first-order chi connectivity index (χ1) is 8.30. The van der Waals surface area contributed by atoms with Gasteiger partial charge in [0.15, 0.2) is 5.96 Å². The maximum Gasteiger partial charge on any atom is 0.191 e. The maximum absolute atomic E-state index is 4.51. The third kappa shape index (κ3) is 6.44. The predicted molar refractivity (Wildman–Crippen MR) is 89.9 cm³/mol. The molecule has 0 unspecified atom stereocenters. The predicted octanol–water partition coefficient (Wildman–Crippen LogP) is 2.50. The number of nitrogens with zero attached hydrogens (tertiary/aromatic N) is 2. The molecular weight excluding hydrogens is 359 g/mol. The highest BCUT2D eigenvalue weighted by atomic mass is 127. The average molecular weight is 380 g/mol. The zero-order valence-corrected chi connectivity index (χ0v) is 14.2. The van der Waals surface area contributed by atoms with Crippen LogP contribution in [0.1, 0.15) is 19.4 Å². The third-order valence-electron chi connectivity index (χ3n) is 2.12. The summed E-state index contributed by atoms with van der Waals surface area (Å²) in [7, 11) is 0. The zero-order valence-electron chi connectivity index (χ0n) is 11.1. The number of hydrogen-bond acceptors (Lipinski definition) is 3. The minimum absolute atomic E-state index is 0. The van der Waals surface area contributed by atoms with E-state index in [2.05, 4.69) is 40.5 Å². The van der Waals surface area contributed by atoms with Gasteiger partial charge in [-0.25, -0.2) is 9.98 Å². The Kier molecular flexibility index (Phi) is 10.1. The molecular formula is C12H21IN4S. The van der Waals surface area contributed by atoms with E-state index < -0.39 is 0 Å². The summed E-state index contributed by atoms with van der Waals surface area (Å²) in [5.41, 5.74) is 1.18. The molecule has 1 rings (SSSR count). The van der Waals surface area contributed by atoms with Crippen LogP contribution in [0.3, 0.4) is 0 Å². The molecule has 18 heavy (non-hydrogen) atoms. The van der Waals surface area contributed by atoms with Crippen molar-refractivity contribution >= 4 is 41.7 Å². The van der Waals surface area contributed by atoms with Crippen LogP contribution in [-0.4, -0.2) is 30.3 Å². The Hall–Kier alpha value is -0.500. The van der Waals surface area contributed by atoms with Crippen molar-refractivity contribution in [2.45, 2.75) is 25.4 Å². The Labute approximate surface area is 130 Å². The number of halogens is 1. The second-order valence-corrected chi connectivity index (χ2v) is 4.26. The smallest absolute Gasteiger partial charge is 0.191 e. The van der Waals surface area contributed by atoms with Crippen molar-refractivity contribution in [1.82, 2.24) is 15.6 Å². The lowest BCUT2D eigenvalue weighted by molar-refractivity contribution is 0.838. The van der Waals surface area contributed by atoms with Gasteiger partial charge in [0.1, 0.15) is 0 Å². The number of aliphatic imine (C=N–C) groups is 1. The standard InChI is InChI=1S/C12H20N4S.HI/c1-4-13-12(14-5-2)16-9-10-6-7-15-11(8-10)17-3;/h6-8H,4-5,9H2,1-3H3,(H2,13,14,16);1H. The van der Waals surface area contributed by atoms with Gasteiger partial charge in [-0.05, 0) is 37.8 Å². The minimum atomic E-state index is 0. The van der Waals surface area contributed by atoms with E-state index in [9.17, 15) is 0 Å². The minimum Gasteiger partial charge on any atom is -0.357 e. The van der Waals surface area contributed by atoms with Gasteiger partial charge in [-0.3, -0.25) is 0 Å². The molecule has 0 aliphatic carbocycles. The fourth-order valence-electron chi connectivity index (χ4n) is 1.34. The number of aromatic nitrogens is 1. The molecule has 4 nitrogen and oxygen atoms in total. The number of nitrogens with one attached hydrogen (secondary N) is 2. The molecule has 1 aromatic heterocycles. The fraction of sp³-hybridized carbons (Fsp3) is 0.500. The summed E-state index contributed by atoms with van der Waals surface area (Å²) >= 11 is 1.65. The van der Waals surface area contributed by atoms with Crippen LogP contribution < -0.4 is 10.6 Å². The molecule has 1 aromatic rings. The maximum atomic E-state index is 4.51. The summed E-state index contributed by atoms with van der Waals surface area (Å²) in [6.07, 6.45) is 3.86. The molecule has 0 radical (unpaired) electrons. The van der Waals surface area contributed by atoms with E-state index >= 15 is 0 Å². The first-order valence-electron chi connectivity index (χ1n) is 5.81. The Balaban J connectivity index is 0.00000289. The summed E-state index contributed by atoms with van der Waals surface area (Å²) in [6, 6.07) is 4.07. The van der Waals surface area contributed by atoms with Gasteiger partial charge in [0, 0.05) is 19.3 Å². The van der Waals surface area contributed by atoms with E-state index in [4.69, 9.17) is 0 Å². The highest BCUT2D eigenvalue weighted by Crippen LogP contribution is 2.12. The second-order valence-electron chi connectivity index (χ2n) is 3.43. The van der Waals surface area contributed by atoms with E-state index in [-0.39, 0.29) is 24.0 Å². The molecule has 0 bridgehead atoms. The number of thioether (sulfide) groups is 1. The number of rotatable bonds is 5. The van der Waals surface area contributed by atoms with Crippen molar-refractivity contribution in [1.29, 1.82) is 0 Å². The highest BCUT2D eigenvalue weighted by molar-refractivity contribution is 14.0. The topological polar surface area (TPSA) is 49.3 Å². The largest absolute Gasteiger partial charge is 0.357 e. The zero-order chi connectivity index (χ0) is 12.5. The van der Waals surface area contributed by atoms with Crippen LogP contribution >= 0.6 is 35.7 Å². The van der Waals surface area contributed by atoms with Gasteiger partial charge in [-0.1, -0.05) is 0 Å². The van der Waals surface area contributed by atoms with Gasteiger partial charge in [-0.2, -0.15) is 0 Å². The molecule has 0 aliphatic heterocycles. The Bertz CT molecular complexity index is 363. The molecule has 0 aliphatic rings. The molecule has 6 heteroatoms. The van der Waals surface area contributed by atoms with Gasteiger partial charge in [0.05, 0.1) is 11.6 Å². The van der Waals surface area contributed by atoms with Crippen molar-refractivity contribution in [3.8, 4) is 0 Å². The average Bonchev–Trinajstić information content (AvgIpc) is 2.37. The Morgan fingerprint density at radius 1 is 1.33 bits per heavy atom. The van der Waals surface area contributed by atoms with Crippen molar-refractivity contribution in [2.24, 2.45) is 4.99 Å². The lowest BCUT2D eigenvalue weighted by Gasteiger charge is -2.09. The second kappa shape index (κ2) is 10.4. The normalized spacial score (nSPS) is 9.28. The molecule has 0 saturated heterocycles. The lowest BCUT2D eigenvalue weighted by atomic mass is 10.3. The van der Waals surface area contributed by atoms with Crippen LogP contribution in [0.15, 0.2) is 28.3 Å². The van der Waals surface area contributed by atoms with Crippen LogP contribution in [0.2, 0.25) is 0 Å². The van der Waals surface area contributed by atoms with Crippen molar-refractivity contribution in [2.75, 3.05) is 19.3 Å². The first-order valence-corrected chi connectivity index (χ1v) is 7.03. The van der Waals surface area contributed by atoms with Crippen molar-refractivity contribution < 1.29 is 0 Å². The molecule has 0 fully saturated rings. The first kappa shape index (κ1) is 17.5. The van der Waals surface area contributed by atoms with Crippen molar-refractivity contribution in [3.63, 3.8) is 0 Å². The molecule has 0 atom stereocenters. The van der Waals surface area contributed by atoms with Gasteiger partial charge in [-0.15, -0.1) is 35.7 Å². The number of pyridine rings is 1. The Morgan fingerprint density at radius 2 is 2.00 bits per heavy atom. The monoisotopic (exact) mass is 380 g/mol. The summed E-state index contributed by atoms with van der Waals surface area (Å²) < 4.78 is 0.